The van der Waals surface area contributed by atoms with E-state index in [1.54, 1.807) is 34.6 Å². The SMILES string of the molecule is CC(C)C[C@@H](C(=O)OC(C(=O)OCc1ccccc1)C(C)C)N(C)C(=O)OC(C)(C)C. The Morgan fingerprint density at radius 3 is 2.03 bits per heavy atom. The molecule has 1 aromatic rings. The first-order valence-electron chi connectivity index (χ1n) is 10.7. The van der Waals surface area contributed by atoms with E-state index in [0.29, 0.717) is 6.42 Å². The minimum Gasteiger partial charge on any atom is -0.458 e. The van der Waals surface area contributed by atoms with Gasteiger partial charge in [-0.2, -0.15) is 0 Å². The zero-order valence-corrected chi connectivity index (χ0v) is 20.0. The van der Waals surface area contributed by atoms with Crippen LogP contribution in [-0.2, 0) is 30.4 Å². The third-order valence-electron chi connectivity index (χ3n) is 4.42. The molecule has 0 spiro atoms. The van der Waals surface area contributed by atoms with Crippen LogP contribution in [0.4, 0.5) is 4.79 Å². The molecule has 31 heavy (non-hydrogen) atoms. The van der Waals surface area contributed by atoms with Gasteiger partial charge in [-0.3, -0.25) is 4.90 Å². The number of carbonyl (C=O) groups is 3. The Balaban J connectivity index is 2.90. The molecule has 0 aromatic heterocycles. The number of benzene rings is 1. The summed E-state index contributed by atoms with van der Waals surface area (Å²) in [5.41, 5.74) is 0.145. The topological polar surface area (TPSA) is 82.1 Å². The fourth-order valence-corrected chi connectivity index (χ4v) is 2.79. The monoisotopic (exact) mass is 435 g/mol. The highest BCUT2D eigenvalue weighted by atomic mass is 16.6. The minimum absolute atomic E-state index is 0.0910. The molecule has 0 aliphatic rings. The molecule has 0 N–H and O–H groups in total. The van der Waals surface area contributed by atoms with Crippen LogP contribution in [0.3, 0.4) is 0 Å². The van der Waals surface area contributed by atoms with E-state index in [1.165, 1.54) is 11.9 Å². The third kappa shape index (κ3) is 9.40. The van der Waals surface area contributed by atoms with Gasteiger partial charge in [0.25, 0.3) is 0 Å². The Morgan fingerprint density at radius 1 is 0.968 bits per heavy atom. The maximum absolute atomic E-state index is 13.0. The van der Waals surface area contributed by atoms with E-state index in [0.717, 1.165) is 5.56 Å². The number of hydrogen-bond acceptors (Lipinski definition) is 6. The molecular weight excluding hydrogens is 398 g/mol. The second-order valence-electron chi connectivity index (χ2n) is 9.43. The van der Waals surface area contributed by atoms with Gasteiger partial charge in [0.1, 0.15) is 18.2 Å². The van der Waals surface area contributed by atoms with Gasteiger partial charge in [0.05, 0.1) is 0 Å². The summed E-state index contributed by atoms with van der Waals surface area (Å²) in [5, 5.41) is 0. The van der Waals surface area contributed by atoms with E-state index in [4.69, 9.17) is 14.2 Å². The second kappa shape index (κ2) is 11.7. The van der Waals surface area contributed by atoms with E-state index in [2.05, 4.69) is 0 Å². The fourth-order valence-electron chi connectivity index (χ4n) is 2.79. The van der Waals surface area contributed by atoms with Crippen LogP contribution in [-0.4, -0.2) is 47.7 Å². The minimum atomic E-state index is -1.07. The molecule has 0 bridgehead atoms. The summed E-state index contributed by atoms with van der Waals surface area (Å²) in [7, 11) is 1.50. The first kappa shape index (κ1) is 26.5. The van der Waals surface area contributed by atoms with Gasteiger partial charge < -0.3 is 14.2 Å². The number of ether oxygens (including phenoxy) is 3. The van der Waals surface area contributed by atoms with Crippen molar-refractivity contribution in [3.05, 3.63) is 35.9 Å². The molecule has 0 saturated carbocycles. The summed E-state index contributed by atoms with van der Waals surface area (Å²) in [6.45, 7) is 12.8. The lowest BCUT2D eigenvalue weighted by Crippen LogP contribution is -2.48. The lowest BCUT2D eigenvalue weighted by molar-refractivity contribution is -0.175. The Hall–Kier alpha value is -2.57. The molecule has 0 radical (unpaired) electrons. The molecule has 7 heteroatoms. The molecule has 0 aliphatic heterocycles. The van der Waals surface area contributed by atoms with Crippen LogP contribution >= 0.6 is 0 Å². The number of amides is 1. The van der Waals surface area contributed by atoms with Gasteiger partial charge in [-0.15, -0.1) is 0 Å². The number of rotatable bonds is 9. The van der Waals surface area contributed by atoms with Crippen molar-refractivity contribution in [2.24, 2.45) is 11.8 Å². The summed E-state index contributed by atoms with van der Waals surface area (Å²) in [6, 6.07) is 8.40. The highest BCUT2D eigenvalue weighted by Crippen LogP contribution is 2.19. The van der Waals surface area contributed by atoms with Crippen molar-refractivity contribution >= 4 is 18.0 Å². The Bertz CT molecular complexity index is 723. The molecule has 7 nitrogen and oxygen atoms in total. The molecular formula is C24H37NO6. The quantitative estimate of drug-likeness (QED) is 0.417. The first-order valence-corrected chi connectivity index (χ1v) is 10.7. The van der Waals surface area contributed by atoms with Crippen LogP contribution in [0.1, 0.15) is 60.5 Å². The van der Waals surface area contributed by atoms with E-state index in [1.807, 2.05) is 44.2 Å². The van der Waals surface area contributed by atoms with Gasteiger partial charge in [-0.25, -0.2) is 14.4 Å². The van der Waals surface area contributed by atoms with Crippen LogP contribution in [0.15, 0.2) is 30.3 Å². The lowest BCUT2D eigenvalue weighted by Gasteiger charge is -2.31. The van der Waals surface area contributed by atoms with Gasteiger partial charge in [0.2, 0.25) is 6.10 Å². The van der Waals surface area contributed by atoms with Crippen LogP contribution in [0.25, 0.3) is 0 Å². The van der Waals surface area contributed by atoms with Gasteiger partial charge >= 0.3 is 18.0 Å². The van der Waals surface area contributed by atoms with Crippen molar-refractivity contribution in [1.29, 1.82) is 0 Å². The Morgan fingerprint density at radius 2 is 1.55 bits per heavy atom. The molecule has 1 aromatic carbocycles. The molecule has 0 fully saturated rings. The summed E-state index contributed by atoms with van der Waals surface area (Å²) < 4.78 is 16.3. The maximum atomic E-state index is 13.0. The summed E-state index contributed by atoms with van der Waals surface area (Å²) >= 11 is 0. The fraction of sp³-hybridized carbons (Fsp3) is 0.625. The molecule has 1 unspecified atom stereocenters. The Labute approximate surface area is 186 Å². The van der Waals surface area contributed by atoms with Crippen molar-refractivity contribution in [3.63, 3.8) is 0 Å². The van der Waals surface area contributed by atoms with Crippen molar-refractivity contribution in [1.82, 2.24) is 4.90 Å². The molecule has 0 saturated heterocycles. The third-order valence-corrected chi connectivity index (χ3v) is 4.42. The largest absolute Gasteiger partial charge is 0.458 e. The van der Waals surface area contributed by atoms with Crippen molar-refractivity contribution in [2.45, 2.75) is 79.2 Å². The van der Waals surface area contributed by atoms with Crippen molar-refractivity contribution < 1.29 is 28.6 Å². The number of likely N-dealkylation sites (N-methyl/N-ethyl adjacent to an activating group) is 1. The summed E-state index contributed by atoms with van der Waals surface area (Å²) in [5.74, 6) is -1.45. The van der Waals surface area contributed by atoms with Gasteiger partial charge in [0, 0.05) is 13.0 Å². The van der Waals surface area contributed by atoms with Crippen LogP contribution < -0.4 is 0 Å². The number of esters is 2. The van der Waals surface area contributed by atoms with Crippen LogP contribution in [0.2, 0.25) is 0 Å². The average Bonchev–Trinajstić information content (AvgIpc) is 2.66. The zero-order valence-electron chi connectivity index (χ0n) is 20.0. The highest BCUT2D eigenvalue weighted by Gasteiger charge is 2.36. The van der Waals surface area contributed by atoms with E-state index in [-0.39, 0.29) is 18.4 Å². The summed E-state index contributed by atoms with van der Waals surface area (Å²) in [4.78, 5) is 39.4. The van der Waals surface area contributed by atoms with E-state index < -0.39 is 35.8 Å². The number of hydrogen-bond donors (Lipinski definition) is 0. The molecule has 0 heterocycles. The number of carbonyl (C=O) groups excluding carboxylic acids is 3. The smallest absolute Gasteiger partial charge is 0.410 e. The van der Waals surface area contributed by atoms with E-state index >= 15 is 0 Å². The predicted molar refractivity (Wildman–Crippen MR) is 118 cm³/mol. The lowest BCUT2D eigenvalue weighted by atomic mass is 10.0. The molecule has 2 atom stereocenters. The standard InChI is InChI=1S/C24H37NO6/c1-16(2)14-19(25(8)23(28)31-24(5,6)7)21(26)30-20(17(3)4)22(27)29-15-18-12-10-9-11-13-18/h9-13,16-17,19-20H,14-15H2,1-8H3/t19-,20?/m0/s1. The normalized spacial score (nSPS) is 13.5. The van der Waals surface area contributed by atoms with Gasteiger partial charge in [0.15, 0.2) is 0 Å². The zero-order chi connectivity index (χ0) is 23.8. The van der Waals surface area contributed by atoms with Gasteiger partial charge in [-0.1, -0.05) is 58.0 Å². The van der Waals surface area contributed by atoms with Crippen molar-refractivity contribution in [2.75, 3.05) is 7.05 Å². The van der Waals surface area contributed by atoms with E-state index in [9.17, 15) is 14.4 Å². The van der Waals surface area contributed by atoms with Crippen LogP contribution in [0, 0.1) is 11.8 Å². The molecule has 1 rings (SSSR count). The first-order chi connectivity index (χ1) is 14.3. The maximum Gasteiger partial charge on any atom is 0.410 e. The second-order valence-corrected chi connectivity index (χ2v) is 9.43. The summed E-state index contributed by atoms with van der Waals surface area (Å²) in [6.07, 6.45) is -1.32. The number of nitrogens with zero attached hydrogens (tertiary/aromatic N) is 1. The molecule has 174 valence electrons. The predicted octanol–water partition coefficient (Wildman–Crippen LogP) is 4.58. The highest BCUT2D eigenvalue weighted by molar-refractivity contribution is 5.84. The Kier molecular flexibility index (Phi) is 10.0. The van der Waals surface area contributed by atoms with Crippen LogP contribution in [0.5, 0.6) is 0 Å². The van der Waals surface area contributed by atoms with Gasteiger partial charge in [-0.05, 0) is 38.7 Å². The molecule has 0 aliphatic carbocycles. The van der Waals surface area contributed by atoms with Crippen molar-refractivity contribution in [3.8, 4) is 0 Å². The average molecular weight is 436 g/mol. The molecule has 1 amide bonds.